The van der Waals surface area contributed by atoms with Crippen molar-refractivity contribution < 1.29 is 4.79 Å². The Morgan fingerprint density at radius 1 is 0.800 bits per heavy atom. The van der Waals surface area contributed by atoms with E-state index in [1.54, 1.807) is 6.20 Å². The van der Waals surface area contributed by atoms with Crippen molar-refractivity contribution in [3.05, 3.63) is 101 Å². The minimum atomic E-state index is -0.0143. The lowest BCUT2D eigenvalue weighted by molar-refractivity contribution is 0.0953. The topological polar surface area (TPSA) is 42.0 Å². The molecular formula is C22H22N2O. The van der Waals surface area contributed by atoms with E-state index in [1.165, 1.54) is 5.56 Å². The van der Waals surface area contributed by atoms with Gasteiger partial charge in [0.25, 0.3) is 5.91 Å². The molecule has 126 valence electrons. The summed E-state index contributed by atoms with van der Waals surface area (Å²) in [5.41, 5.74) is 4.12. The van der Waals surface area contributed by atoms with Crippen LogP contribution in [0.2, 0.25) is 0 Å². The van der Waals surface area contributed by atoms with Gasteiger partial charge < -0.3 is 5.32 Å². The molecule has 0 saturated carbocycles. The van der Waals surface area contributed by atoms with Gasteiger partial charge in [0, 0.05) is 30.4 Å². The second-order valence-electron chi connectivity index (χ2n) is 5.97. The van der Waals surface area contributed by atoms with Gasteiger partial charge in [-0.25, -0.2) is 0 Å². The Morgan fingerprint density at radius 3 is 2.36 bits per heavy atom. The maximum absolute atomic E-state index is 12.5. The van der Waals surface area contributed by atoms with E-state index in [4.69, 9.17) is 0 Å². The van der Waals surface area contributed by atoms with E-state index in [2.05, 4.69) is 22.4 Å². The number of hydrogen-bond donors (Lipinski definition) is 1. The Bertz CT molecular complexity index is 801. The summed E-state index contributed by atoms with van der Waals surface area (Å²) in [6, 6.07) is 24.0. The molecule has 0 atom stereocenters. The van der Waals surface area contributed by atoms with E-state index in [0.29, 0.717) is 6.54 Å². The van der Waals surface area contributed by atoms with Gasteiger partial charge in [-0.15, -0.1) is 0 Å². The van der Waals surface area contributed by atoms with Crippen molar-refractivity contribution in [3.63, 3.8) is 0 Å². The number of pyridine rings is 1. The molecule has 3 rings (SSSR count). The Labute approximate surface area is 148 Å². The van der Waals surface area contributed by atoms with Crippen LogP contribution in [0.1, 0.15) is 27.2 Å². The first-order valence-corrected chi connectivity index (χ1v) is 8.63. The summed E-state index contributed by atoms with van der Waals surface area (Å²) in [5, 5.41) is 3.01. The Hall–Kier alpha value is -2.94. The highest BCUT2D eigenvalue weighted by Gasteiger charge is 2.10. The highest BCUT2D eigenvalue weighted by Crippen LogP contribution is 2.13. The average Bonchev–Trinajstić information content (AvgIpc) is 2.68. The Kier molecular flexibility index (Phi) is 5.94. The number of aryl methyl sites for hydroxylation is 2. The smallest absolute Gasteiger partial charge is 0.251 e. The quantitative estimate of drug-likeness (QED) is 0.715. The van der Waals surface area contributed by atoms with Gasteiger partial charge in [0.15, 0.2) is 0 Å². The maximum atomic E-state index is 12.5. The second kappa shape index (κ2) is 8.78. The standard InChI is InChI=1S/C22H22N2O/c25-22(24-17-15-20-11-6-7-16-23-20)21-12-5-4-10-19(21)14-13-18-8-2-1-3-9-18/h1-12,16H,13-15,17H2,(H,24,25). The third-order valence-electron chi connectivity index (χ3n) is 4.18. The highest BCUT2D eigenvalue weighted by molar-refractivity contribution is 5.95. The monoisotopic (exact) mass is 330 g/mol. The third kappa shape index (κ3) is 5.01. The fourth-order valence-corrected chi connectivity index (χ4v) is 2.83. The van der Waals surface area contributed by atoms with E-state index in [9.17, 15) is 4.79 Å². The van der Waals surface area contributed by atoms with Crippen LogP contribution < -0.4 is 5.32 Å². The van der Waals surface area contributed by atoms with Gasteiger partial charge in [0.05, 0.1) is 0 Å². The SMILES string of the molecule is O=C(NCCc1ccccn1)c1ccccc1CCc1ccccc1. The number of carbonyl (C=O) groups is 1. The van der Waals surface area contributed by atoms with Crippen LogP contribution in [-0.2, 0) is 19.3 Å². The van der Waals surface area contributed by atoms with Gasteiger partial charge in [-0.2, -0.15) is 0 Å². The fourth-order valence-electron chi connectivity index (χ4n) is 2.83. The Morgan fingerprint density at radius 2 is 1.56 bits per heavy atom. The van der Waals surface area contributed by atoms with Gasteiger partial charge in [0.2, 0.25) is 0 Å². The molecule has 0 aliphatic rings. The van der Waals surface area contributed by atoms with E-state index in [0.717, 1.165) is 36.1 Å². The largest absolute Gasteiger partial charge is 0.352 e. The predicted molar refractivity (Wildman–Crippen MR) is 101 cm³/mol. The summed E-state index contributed by atoms with van der Waals surface area (Å²) in [7, 11) is 0. The molecule has 0 radical (unpaired) electrons. The zero-order chi connectivity index (χ0) is 17.3. The summed E-state index contributed by atoms with van der Waals surface area (Å²) >= 11 is 0. The number of nitrogens with one attached hydrogen (secondary N) is 1. The van der Waals surface area contributed by atoms with Gasteiger partial charge in [-0.3, -0.25) is 9.78 Å². The minimum Gasteiger partial charge on any atom is -0.352 e. The molecule has 0 aliphatic heterocycles. The van der Waals surface area contributed by atoms with E-state index in [1.807, 2.05) is 60.7 Å². The minimum absolute atomic E-state index is 0.0143. The first-order valence-electron chi connectivity index (χ1n) is 8.63. The number of rotatable bonds is 7. The van der Waals surface area contributed by atoms with Gasteiger partial charge in [0.1, 0.15) is 0 Å². The van der Waals surface area contributed by atoms with Crippen LogP contribution in [0.3, 0.4) is 0 Å². The second-order valence-corrected chi connectivity index (χ2v) is 5.97. The van der Waals surface area contributed by atoms with Crippen molar-refractivity contribution in [2.45, 2.75) is 19.3 Å². The van der Waals surface area contributed by atoms with Crippen LogP contribution in [0.25, 0.3) is 0 Å². The summed E-state index contributed by atoms with van der Waals surface area (Å²) in [6.07, 6.45) is 4.29. The van der Waals surface area contributed by atoms with Crippen molar-refractivity contribution in [2.24, 2.45) is 0 Å². The number of aromatic nitrogens is 1. The molecule has 0 spiro atoms. The van der Waals surface area contributed by atoms with Gasteiger partial charge in [-0.1, -0.05) is 54.6 Å². The average molecular weight is 330 g/mol. The molecule has 1 heterocycles. The molecule has 1 amide bonds. The highest BCUT2D eigenvalue weighted by atomic mass is 16.1. The summed E-state index contributed by atoms with van der Waals surface area (Å²) < 4.78 is 0. The molecule has 3 heteroatoms. The molecule has 0 fully saturated rings. The Balaban J connectivity index is 1.58. The number of hydrogen-bond acceptors (Lipinski definition) is 2. The summed E-state index contributed by atoms with van der Waals surface area (Å²) in [5.74, 6) is -0.0143. The molecular weight excluding hydrogens is 308 g/mol. The molecule has 0 aliphatic carbocycles. The summed E-state index contributed by atoms with van der Waals surface area (Å²) in [6.45, 7) is 0.586. The predicted octanol–water partition coefficient (Wildman–Crippen LogP) is 3.84. The number of benzene rings is 2. The molecule has 3 nitrogen and oxygen atoms in total. The maximum Gasteiger partial charge on any atom is 0.251 e. The molecule has 2 aromatic carbocycles. The van der Waals surface area contributed by atoms with Crippen LogP contribution in [0.4, 0.5) is 0 Å². The molecule has 0 unspecified atom stereocenters. The molecule has 0 saturated heterocycles. The third-order valence-corrected chi connectivity index (χ3v) is 4.18. The molecule has 25 heavy (non-hydrogen) atoms. The number of amides is 1. The number of nitrogens with zero attached hydrogens (tertiary/aromatic N) is 1. The zero-order valence-corrected chi connectivity index (χ0v) is 14.2. The lowest BCUT2D eigenvalue weighted by Gasteiger charge is -2.10. The van der Waals surface area contributed by atoms with Crippen LogP contribution in [0, 0.1) is 0 Å². The molecule has 1 aromatic heterocycles. The molecule has 1 N–H and O–H groups in total. The first kappa shape index (κ1) is 16.9. The van der Waals surface area contributed by atoms with Crippen LogP contribution >= 0.6 is 0 Å². The lowest BCUT2D eigenvalue weighted by atomic mass is 9.99. The lowest BCUT2D eigenvalue weighted by Crippen LogP contribution is -2.27. The van der Waals surface area contributed by atoms with Crippen molar-refractivity contribution in [2.75, 3.05) is 6.54 Å². The zero-order valence-electron chi connectivity index (χ0n) is 14.2. The van der Waals surface area contributed by atoms with Crippen LogP contribution in [-0.4, -0.2) is 17.4 Å². The number of carbonyl (C=O) groups excluding carboxylic acids is 1. The van der Waals surface area contributed by atoms with Crippen LogP contribution in [0.5, 0.6) is 0 Å². The van der Waals surface area contributed by atoms with Crippen molar-refractivity contribution >= 4 is 5.91 Å². The molecule has 0 bridgehead atoms. The van der Waals surface area contributed by atoms with E-state index >= 15 is 0 Å². The normalized spacial score (nSPS) is 10.4. The van der Waals surface area contributed by atoms with Crippen molar-refractivity contribution in [1.82, 2.24) is 10.3 Å². The molecule has 3 aromatic rings. The van der Waals surface area contributed by atoms with Crippen molar-refractivity contribution in [3.8, 4) is 0 Å². The van der Waals surface area contributed by atoms with Crippen molar-refractivity contribution in [1.29, 1.82) is 0 Å². The van der Waals surface area contributed by atoms with Gasteiger partial charge in [-0.05, 0) is 42.2 Å². The summed E-state index contributed by atoms with van der Waals surface area (Å²) in [4.78, 5) is 16.8. The first-order chi connectivity index (χ1) is 12.3. The van der Waals surface area contributed by atoms with Gasteiger partial charge >= 0.3 is 0 Å². The van der Waals surface area contributed by atoms with Crippen LogP contribution in [0.15, 0.2) is 79.0 Å². The van der Waals surface area contributed by atoms with E-state index < -0.39 is 0 Å². The van der Waals surface area contributed by atoms with E-state index in [-0.39, 0.29) is 5.91 Å². The fraction of sp³-hybridized carbons (Fsp3) is 0.182.